The number of fused-ring (bicyclic) bond motifs is 1. The Bertz CT molecular complexity index is 1140. The summed E-state index contributed by atoms with van der Waals surface area (Å²) in [5.41, 5.74) is 5.16. The van der Waals surface area contributed by atoms with Gasteiger partial charge in [0.2, 0.25) is 0 Å². The zero-order valence-electron chi connectivity index (χ0n) is 14.8. The number of nitrogens with zero attached hydrogens (tertiary/aromatic N) is 1. The molecule has 27 heavy (non-hydrogen) atoms. The molecule has 0 saturated carbocycles. The van der Waals surface area contributed by atoms with Crippen molar-refractivity contribution in [3.05, 3.63) is 67.6 Å². The molecule has 0 radical (unpaired) electrons. The number of aromatic amines is 1. The Kier molecular flexibility index (Phi) is 4.49. The molecule has 4 rings (SSSR count). The van der Waals surface area contributed by atoms with Crippen LogP contribution < -0.4 is 9.61 Å². The zero-order chi connectivity index (χ0) is 19.1. The van der Waals surface area contributed by atoms with Crippen molar-refractivity contribution in [2.24, 2.45) is 4.99 Å². The molecule has 0 saturated heterocycles. The van der Waals surface area contributed by atoms with Crippen LogP contribution in [0.15, 0.2) is 51.2 Å². The Morgan fingerprint density at radius 1 is 1.26 bits per heavy atom. The summed E-state index contributed by atoms with van der Waals surface area (Å²) in [6.45, 7) is 4.42. The minimum Gasteiger partial charge on any atom is -0.493 e. The molecule has 0 spiro atoms. The number of thiazole rings is 1. The SMILES string of the molecule is CCOc1cc(-c2ccccc2)c(C)c2c1C(=N)N=C2c1sc(=O)[nH]c1S. The fourth-order valence-electron chi connectivity index (χ4n) is 3.34. The highest BCUT2D eigenvalue weighted by atomic mass is 32.1. The molecular weight excluding hydrogens is 378 g/mol. The summed E-state index contributed by atoms with van der Waals surface area (Å²) in [6.07, 6.45) is 0. The molecular formula is C20H17N3O2S2. The van der Waals surface area contributed by atoms with E-state index in [-0.39, 0.29) is 10.7 Å². The highest BCUT2D eigenvalue weighted by Gasteiger charge is 2.31. The van der Waals surface area contributed by atoms with Crippen molar-refractivity contribution in [1.29, 1.82) is 5.41 Å². The number of hydrogen-bond acceptors (Lipinski definition) is 5. The first-order valence-electron chi connectivity index (χ1n) is 8.47. The number of aromatic nitrogens is 1. The van der Waals surface area contributed by atoms with Crippen LogP contribution in [0.25, 0.3) is 11.1 Å². The van der Waals surface area contributed by atoms with Crippen LogP contribution >= 0.6 is 24.0 Å². The molecule has 1 aliphatic heterocycles. The van der Waals surface area contributed by atoms with Crippen LogP contribution in [0.4, 0.5) is 0 Å². The van der Waals surface area contributed by atoms with E-state index in [0.717, 1.165) is 33.6 Å². The third-order valence-electron chi connectivity index (χ3n) is 4.48. The van der Waals surface area contributed by atoms with E-state index in [0.29, 0.717) is 33.5 Å². The maximum absolute atomic E-state index is 11.8. The summed E-state index contributed by atoms with van der Waals surface area (Å²) < 4.78 is 5.86. The fourth-order valence-corrected chi connectivity index (χ4v) is 4.49. The minimum absolute atomic E-state index is 0.139. The normalized spacial score (nSPS) is 12.9. The number of aliphatic imine (C=N–C) groups is 1. The van der Waals surface area contributed by atoms with Crippen LogP contribution in [0.3, 0.4) is 0 Å². The summed E-state index contributed by atoms with van der Waals surface area (Å²) in [4.78, 5) is 19.4. The molecule has 0 bridgehead atoms. The van der Waals surface area contributed by atoms with Crippen molar-refractivity contribution < 1.29 is 4.74 Å². The van der Waals surface area contributed by atoms with E-state index in [1.165, 1.54) is 0 Å². The molecule has 0 aliphatic carbocycles. The van der Waals surface area contributed by atoms with Gasteiger partial charge in [-0.1, -0.05) is 41.7 Å². The van der Waals surface area contributed by atoms with E-state index < -0.39 is 0 Å². The van der Waals surface area contributed by atoms with Gasteiger partial charge in [0.1, 0.15) is 5.75 Å². The zero-order valence-corrected chi connectivity index (χ0v) is 16.5. The third kappa shape index (κ3) is 2.93. The number of amidine groups is 1. The van der Waals surface area contributed by atoms with Gasteiger partial charge in [0.25, 0.3) is 0 Å². The van der Waals surface area contributed by atoms with E-state index in [9.17, 15) is 4.79 Å². The number of thiol groups is 1. The van der Waals surface area contributed by atoms with Gasteiger partial charge in [0, 0.05) is 5.56 Å². The van der Waals surface area contributed by atoms with Crippen molar-refractivity contribution in [2.45, 2.75) is 18.9 Å². The van der Waals surface area contributed by atoms with E-state index in [1.54, 1.807) is 0 Å². The number of hydrogen-bond donors (Lipinski definition) is 3. The molecule has 1 aromatic heterocycles. The maximum Gasteiger partial charge on any atom is 0.305 e. The van der Waals surface area contributed by atoms with E-state index in [1.807, 2.05) is 50.2 Å². The van der Waals surface area contributed by atoms with E-state index in [4.69, 9.17) is 10.1 Å². The van der Waals surface area contributed by atoms with Crippen LogP contribution in [0, 0.1) is 12.3 Å². The highest BCUT2D eigenvalue weighted by molar-refractivity contribution is 7.80. The Hall–Kier alpha value is -2.64. The van der Waals surface area contributed by atoms with Crippen LogP contribution in [-0.2, 0) is 0 Å². The number of ether oxygens (including phenoxy) is 1. The summed E-state index contributed by atoms with van der Waals surface area (Å²) in [6, 6.07) is 12.0. The Labute approximate surface area is 165 Å². The Balaban J connectivity index is 2.02. The molecule has 5 nitrogen and oxygen atoms in total. The van der Waals surface area contributed by atoms with Gasteiger partial charge >= 0.3 is 4.87 Å². The lowest BCUT2D eigenvalue weighted by molar-refractivity contribution is 0.339. The molecule has 0 unspecified atom stereocenters. The van der Waals surface area contributed by atoms with Gasteiger partial charge in [-0.25, -0.2) is 4.99 Å². The average Bonchev–Trinajstić information content (AvgIpc) is 3.17. The highest BCUT2D eigenvalue weighted by Crippen LogP contribution is 2.40. The second kappa shape index (κ2) is 6.83. The number of rotatable bonds is 4. The molecule has 1 aliphatic rings. The lowest BCUT2D eigenvalue weighted by Gasteiger charge is -2.17. The van der Waals surface area contributed by atoms with E-state index >= 15 is 0 Å². The predicted molar refractivity (Wildman–Crippen MR) is 112 cm³/mol. The summed E-state index contributed by atoms with van der Waals surface area (Å²) in [5, 5.41) is 8.87. The largest absolute Gasteiger partial charge is 0.493 e. The number of benzene rings is 2. The van der Waals surface area contributed by atoms with Gasteiger partial charge in [0.15, 0.2) is 5.84 Å². The first-order valence-corrected chi connectivity index (χ1v) is 9.73. The molecule has 2 heterocycles. The molecule has 2 aromatic carbocycles. The average molecular weight is 396 g/mol. The minimum atomic E-state index is -0.195. The molecule has 3 aromatic rings. The van der Waals surface area contributed by atoms with Crippen LogP contribution in [0.2, 0.25) is 0 Å². The second-order valence-electron chi connectivity index (χ2n) is 6.10. The fraction of sp³-hybridized carbons (Fsp3) is 0.150. The number of nitrogens with one attached hydrogen (secondary N) is 2. The monoisotopic (exact) mass is 395 g/mol. The van der Waals surface area contributed by atoms with Gasteiger partial charge in [-0.2, -0.15) is 0 Å². The summed E-state index contributed by atoms with van der Waals surface area (Å²) in [5.74, 6) is 0.768. The predicted octanol–water partition coefficient (Wildman–Crippen LogP) is 4.28. The third-order valence-corrected chi connectivity index (χ3v) is 5.85. The molecule has 0 atom stereocenters. The van der Waals surface area contributed by atoms with Crippen LogP contribution in [0.1, 0.15) is 28.5 Å². The van der Waals surface area contributed by atoms with Crippen molar-refractivity contribution in [1.82, 2.24) is 4.98 Å². The van der Waals surface area contributed by atoms with Crippen LogP contribution in [-0.4, -0.2) is 23.1 Å². The molecule has 0 fully saturated rings. The second-order valence-corrected chi connectivity index (χ2v) is 7.53. The van der Waals surface area contributed by atoms with Crippen molar-refractivity contribution in [3.63, 3.8) is 0 Å². The maximum atomic E-state index is 11.8. The van der Waals surface area contributed by atoms with Crippen molar-refractivity contribution in [2.75, 3.05) is 6.61 Å². The summed E-state index contributed by atoms with van der Waals surface area (Å²) in [7, 11) is 0. The molecule has 136 valence electrons. The quantitative estimate of drug-likeness (QED) is 0.577. The van der Waals surface area contributed by atoms with Crippen molar-refractivity contribution >= 4 is 35.5 Å². The summed E-state index contributed by atoms with van der Waals surface area (Å²) >= 11 is 5.44. The van der Waals surface area contributed by atoms with Gasteiger partial charge in [-0.15, -0.1) is 12.6 Å². The standard InChI is InChI=1S/C20H17N3O2S2/c1-3-25-13-9-12(11-7-5-4-6-8-11)10(2)14-15(13)18(21)22-16(14)17-19(26)23-20(24)27-17/h4-9,21,26H,3H2,1-2H3,(H,23,24). The molecule has 2 N–H and O–H groups in total. The first-order chi connectivity index (χ1) is 13.0. The molecule has 0 amide bonds. The lowest BCUT2D eigenvalue weighted by Crippen LogP contribution is -2.07. The topological polar surface area (TPSA) is 78.3 Å². The van der Waals surface area contributed by atoms with Gasteiger partial charge in [-0.3, -0.25) is 10.2 Å². The van der Waals surface area contributed by atoms with Gasteiger partial charge in [-0.05, 0) is 36.6 Å². The van der Waals surface area contributed by atoms with Crippen molar-refractivity contribution in [3.8, 4) is 16.9 Å². The smallest absolute Gasteiger partial charge is 0.305 e. The molecule has 7 heteroatoms. The van der Waals surface area contributed by atoms with E-state index in [2.05, 4.69) is 22.6 Å². The van der Waals surface area contributed by atoms with Gasteiger partial charge < -0.3 is 9.72 Å². The van der Waals surface area contributed by atoms with Crippen LogP contribution in [0.5, 0.6) is 5.75 Å². The number of H-pyrrole nitrogens is 1. The lowest BCUT2D eigenvalue weighted by atomic mass is 9.90. The Morgan fingerprint density at radius 2 is 2.00 bits per heavy atom. The Morgan fingerprint density at radius 3 is 2.63 bits per heavy atom. The first kappa shape index (κ1) is 17.8. The van der Waals surface area contributed by atoms with Gasteiger partial charge in [0.05, 0.1) is 27.8 Å².